The van der Waals surface area contributed by atoms with Crippen molar-refractivity contribution in [1.29, 1.82) is 0 Å². The van der Waals surface area contributed by atoms with Gasteiger partial charge in [-0.05, 0) is 13.8 Å². The van der Waals surface area contributed by atoms with Gasteiger partial charge in [0.1, 0.15) is 0 Å². The third kappa shape index (κ3) is 6.48. The molecule has 0 aromatic carbocycles. The highest BCUT2D eigenvalue weighted by Gasteiger charge is 2.40. The average Bonchev–Trinajstić information content (AvgIpc) is 2.14. The van der Waals surface area contributed by atoms with Crippen LogP contribution in [0.4, 0.5) is 8.78 Å². The normalized spacial score (nSPS) is 14.8. The first-order valence-electron chi connectivity index (χ1n) is 5.49. The number of ether oxygens (including phenoxy) is 3. The quantitative estimate of drug-likeness (QED) is 0.521. The van der Waals surface area contributed by atoms with E-state index in [0.717, 1.165) is 20.8 Å². The molecule has 0 bridgehead atoms. The Morgan fingerprint density at radius 3 is 2.17 bits per heavy atom. The molecule has 0 aromatic rings. The number of carbonyl (C=O) groups is 2. The predicted octanol–water partition coefficient (Wildman–Crippen LogP) is 1.89. The Hall–Kier alpha value is -1.24. The van der Waals surface area contributed by atoms with E-state index in [0.29, 0.717) is 0 Å². The molecule has 0 spiro atoms. The Morgan fingerprint density at radius 2 is 1.78 bits per heavy atom. The summed E-state index contributed by atoms with van der Waals surface area (Å²) < 4.78 is 39.5. The Labute approximate surface area is 104 Å². The molecule has 0 aromatic heterocycles. The van der Waals surface area contributed by atoms with Crippen molar-refractivity contribution in [1.82, 2.24) is 0 Å². The van der Waals surface area contributed by atoms with E-state index in [1.165, 1.54) is 0 Å². The molecule has 0 aliphatic rings. The van der Waals surface area contributed by atoms with Gasteiger partial charge in [0.2, 0.25) is 5.92 Å². The van der Waals surface area contributed by atoms with Gasteiger partial charge < -0.3 is 14.2 Å². The Bertz CT molecular complexity index is 300. The van der Waals surface area contributed by atoms with Crippen molar-refractivity contribution in [2.45, 2.75) is 45.8 Å². The Balaban J connectivity index is 4.57. The van der Waals surface area contributed by atoms with E-state index in [9.17, 15) is 18.4 Å². The van der Waals surface area contributed by atoms with E-state index in [-0.39, 0.29) is 6.61 Å². The van der Waals surface area contributed by atoms with Crippen LogP contribution in [0, 0.1) is 0 Å². The lowest BCUT2D eigenvalue weighted by Crippen LogP contribution is -2.44. The molecular weight excluding hydrogens is 250 g/mol. The minimum atomic E-state index is -2.92. The molecule has 1 atom stereocenters. The topological polar surface area (TPSA) is 61.8 Å². The van der Waals surface area contributed by atoms with Crippen molar-refractivity contribution < 1.29 is 32.6 Å². The summed E-state index contributed by atoms with van der Waals surface area (Å²) in [5.41, 5.74) is 0. The van der Waals surface area contributed by atoms with E-state index in [1.807, 2.05) is 0 Å². The summed E-state index contributed by atoms with van der Waals surface area (Å²) in [5.74, 6) is -6.62. The van der Waals surface area contributed by atoms with E-state index < -0.39 is 36.7 Å². The first-order chi connectivity index (χ1) is 8.10. The van der Waals surface area contributed by atoms with Crippen molar-refractivity contribution in [3.05, 3.63) is 0 Å². The number of hydrogen-bond donors (Lipinski definition) is 0. The largest absolute Gasteiger partial charge is 0.461 e. The fraction of sp³-hybridized carbons (Fsp3) is 0.818. The molecule has 18 heavy (non-hydrogen) atoms. The minimum Gasteiger partial charge on any atom is -0.461 e. The molecule has 0 fully saturated rings. The number of rotatable bonds is 7. The van der Waals surface area contributed by atoms with Crippen LogP contribution in [-0.2, 0) is 23.8 Å². The summed E-state index contributed by atoms with van der Waals surface area (Å²) in [6.45, 7) is 4.14. The van der Waals surface area contributed by atoms with Crippen LogP contribution in [0.5, 0.6) is 0 Å². The van der Waals surface area contributed by atoms with Crippen LogP contribution in [0.1, 0.15) is 34.1 Å². The summed E-state index contributed by atoms with van der Waals surface area (Å²) in [6, 6.07) is 0. The van der Waals surface area contributed by atoms with Crippen LogP contribution in [0.2, 0.25) is 0 Å². The van der Waals surface area contributed by atoms with Gasteiger partial charge >= 0.3 is 17.7 Å². The molecule has 106 valence electrons. The molecule has 0 saturated heterocycles. The van der Waals surface area contributed by atoms with Gasteiger partial charge in [-0.15, -0.1) is 0 Å². The number of carbonyl (C=O) groups excluding carboxylic acids is 2. The van der Waals surface area contributed by atoms with Gasteiger partial charge in [-0.2, -0.15) is 0 Å². The Kier molecular flexibility index (Phi) is 6.17. The van der Waals surface area contributed by atoms with Gasteiger partial charge in [0.05, 0.1) is 13.2 Å². The van der Waals surface area contributed by atoms with Gasteiger partial charge in [0.25, 0.3) is 0 Å². The van der Waals surface area contributed by atoms with Crippen LogP contribution in [0.25, 0.3) is 0 Å². The second-order valence-corrected chi connectivity index (χ2v) is 3.93. The molecule has 0 rings (SSSR count). The standard InChI is InChI=1S/C11H18F2O5/c1-5-16-9(15)11(4,18-8(2)14)17-7-6-10(3,12)13/h5-7H2,1-4H3. The van der Waals surface area contributed by atoms with Crippen LogP contribution < -0.4 is 0 Å². The maximum atomic E-state index is 12.6. The second-order valence-electron chi connectivity index (χ2n) is 3.93. The number of halogens is 2. The zero-order valence-electron chi connectivity index (χ0n) is 10.9. The van der Waals surface area contributed by atoms with Crippen molar-refractivity contribution in [2.75, 3.05) is 13.2 Å². The van der Waals surface area contributed by atoms with Gasteiger partial charge in [0.15, 0.2) is 0 Å². The van der Waals surface area contributed by atoms with Crippen LogP contribution in [-0.4, -0.2) is 36.9 Å². The van der Waals surface area contributed by atoms with E-state index in [2.05, 4.69) is 9.47 Å². The highest BCUT2D eigenvalue weighted by Crippen LogP contribution is 2.21. The summed E-state index contributed by atoms with van der Waals surface area (Å²) in [5, 5.41) is 0. The van der Waals surface area contributed by atoms with Gasteiger partial charge in [-0.3, -0.25) is 4.79 Å². The average molecular weight is 268 g/mol. The van der Waals surface area contributed by atoms with Crippen molar-refractivity contribution in [3.8, 4) is 0 Å². The third-order valence-corrected chi connectivity index (χ3v) is 1.90. The number of hydrogen-bond acceptors (Lipinski definition) is 5. The third-order valence-electron chi connectivity index (χ3n) is 1.90. The molecule has 0 amide bonds. The molecule has 0 saturated carbocycles. The van der Waals surface area contributed by atoms with E-state index in [4.69, 9.17) is 4.74 Å². The van der Waals surface area contributed by atoms with Crippen LogP contribution in [0.3, 0.4) is 0 Å². The van der Waals surface area contributed by atoms with Gasteiger partial charge in [-0.1, -0.05) is 0 Å². The first-order valence-corrected chi connectivity index (χ1v) is 5.49. The lowest BCUT2D eigenvalue weighted by atomic mass is 10.2. The Morgan fingerprint density at radius 1 is 1.22 bits per heavy atom. The highest BCUT2D eigenvalue weighted by molar-refractivity contribution is 5.80. The minimum absolute atomic E-state index is 0.0585. The molecule has 0 radical (unpaired) electrons. The zero-order chi connectivity index (χ0) is 14.4. The highest BCUT2D eigenvalue weighted by atomic mass is 19.3. The van der Waals surface area contributed by atoms with Gasteiger partial charge in [0, 0.05) is 20.3 Å². The smallest absolute Gasteiger partial charge is 0.379 e. The predicted molar refractivity (Wildman–Crippen MR) is 58.0 cm³/mol. The molecule has 7 heteroatoms. The van der Waals surface area contributed by atoms with E-state index in [1.54, 1.807) is 6.92 Å². The maximum absolute atomic E-state index is 12.6. The molecule has 1 unspecified atom stereocenters. The molecule has 0 N–H and O–H groups in total. The summed E-state index contributed by atoms with van der Waals surface area (Å²) >= 11 is 0. The zero-order valence-corrected chi connectivity index (χ0v) is 10.9. The monoisotopic (exact) mass is 268 g/mol. The van der Waals surface area contributed by atoms with Gasteiger partial charge in [-0.25, -0.2) is 13.6 Å². The fourth-order valence-corrected chi connectivity index (χ4v) is 1.09. The lowest BCUT2D eigenvalue weighted by Gasteiger charge is -2.27. The maximum Gasteiger partial charge on any atom is 0.379 e. The molecular formula is C11H18F2O5. The summed E-state index contributed by atoms with van der Waals surface area (Å²) in [7, 11) is 0. The SMILES string of the molecule is CCOC(=O)C(C)(OCCC(C)(F)F)OC(C)=O. The summed E-state index contributed by atoms with van der Waals surface area (Å²) in [4.78, 5) is 22.4. The fourth-order valence-electron chi connectivity index (χ4n) is 1.09. The molecule has 5 nitrogen and oxygen atoms in total. The second kappa shape index (κ2) is 6.63. The van der Waals surface area contributed by atoms with Crippen molar-refractivity contribution in [3.63, 3.8) is 0 Å². The lowest BCUT2D eigenvalue weighted by molar-refractivity contribution is -0.238. The van der Waals surface area contributed by atoms with Crippen LogP contribution in [0.15, 0.2) is 0 Å². The molecule has 0 aliphatic carbocycles. The van der Waals surface area contributed by atoms with Crippen molar-refractivity contribution in [2.24, 2.45) is 0 Å². The van der Waals surface area contributed by atoms with Crippen molar-refractivity contribution >= 4 is 11.9 Å². The van der Waals surface area contributed by atoms with E-state index >= 15 is 0 Å². The first kappa shape index (κ1) is 16.8. The number of esters is 2. The van der Waals surface area contributed by atoms with Crippen LogP contribution >= 0.6 is 0 Å². The molecule has 0 heterocycles. The molecule has 0 aliphatic heterocycles. The number of alkyl halides is 2. The summed E-state index contributed by atoms with van der Waals surface area (Å²) in [6.07, 6.45) is -0.594.